The quantitative estimate of drug-likeness (QED) is 0.573. The Hall–Kier alpha value is -1.38. The number of aldehydes is 1. The van der Waals surface area contributed by atoms with Crippen molar-refractivity contribution in [2.45, 2.75) is 13.0 Å². The molecule has 0 saturated carbocycles. The second-order valence-electron chi connectivity index (χ2n) is 2.34. The van der Waals surface area contributed by atoms with Gasteiger partial charge in [-0.25, -0.2) is 0 Å². The van der Waals surface area contributed by atoms with Gasteiger partial charge in [-0.15, -0.1) is 0 Å². The Morgan fingerprint density at radius 2 is 2.45 bits per heavy atom. The third kappa shape index (κ3) is 1.77. The van der Waals surface area contributed by atoms with Crippen LogP contribution >= 0.6 is 0 Å². The first-order chi connectivity index (χ1) is 5.24. The summed E-state index contributed by atoms with van der Waals surface area (Å²) in [5.41, 5.74) is 0.600. The number of dihydropyridines is 1. The van der Waals surface area contributed by atoms with E-state index in [9.17, 15) is 9.59 Å². The largest absolute Gasteiger partial charge is 0.378 e. The minimum Gasteiger partial charge on any atom is -0.378 e. The fourth-order valence-corrected chi connectivity index (χ4v) is 0.801. The molecule has 0 aromatic rings. The van der Waals surface area contributed by atoms with Crippen LogP contribution in [0.5, 0.6) is 0 Å². The Balaban J connectivity index is 2.66. The van der Waals surface area contributed by atoms with Crippen molar-refractivity contribution >= 4 is 12.1 Å². The van der Waals surface area contributed by atoms with E-state index in [1.165, 1.54) is 6.92 Å². The van der Waals surface area contributed by atoms with Crippen LogP contribution in [0.3, 0.4) is 0 Å². The van der Waals surface area contributed by atoms with Gasteiger partial charge in [-0.1, -0.05) is 12.2 Å². The lowest BCUT2D eigenvalue weighted by atomic mass is 10.1. The van der Waals surface area contributed by atoms with Gasteiger partial charge in [0.15, 0.2) is 5.78 Å². The van der Waals surface area contributed by atoms with Crippen molar-refractivity contribution in [1.29, 1.82) is 0 Å². The van der Waals surface area contributed by atoms with Crippen molar-refractivity contribution in [3.63, 3.8) is 0 Å². The number of allylic oxidation sites excluding steroid dienone is 2. The molecule has 1 N–H and O–H groups in total. The minimum atomic E-state index is -0.280. The zero-order valence-electron chi connectivity index (χ0n) is 6.20. The summed E-state index contributed by atoms with van der Waals surface area (Å²) in [4.78, 5) is 21.0. The van der Waals surface area contributed by atoms with E-state index >= 15 is 0 Å². The van der Waals surface area contributed by atoms with E-state index in [0.29, 0.717) is 5.57 Å². The van der Waals surface area contributed by atoms with E-state index in [0.717, 1.165) is 6.29 Å². The molecule has 1 atom stereocenters. The van der Waals surface area contributed by atoms with Crippen LogP contribution in [0.25, 0.3) is 0 Å². The number of rotatable bonds is 2. The predicted octanol–water partition coefficient (Wildman–Crippen LogP) is 0.186. The smallest absolute Gasteiger partial charge is 0.161 e. The summed E-state index contributed by atoms with van der Waals surface area (Å²) >= 11 is 0. The van der Waals surface area contributed by atoms with Crippen molar-refractivity contribution in [2.24, 2.45) is 0 Å². The average molecular weight is 151 g/mol. The zero-order chi connectivity index (χ0) is 8.27. The van der Waals surface area contributed by atoms with Gasteiger partial charge in [0.05, 0.1) is 0 Å². The molecule has 0 aliphatic carbocycles. The molecule has 0 spiro atoms. The summed E-state index contributed by atoms with van der Waals surface area (Å²) in [6.45, 7) is 1.49. The van der Waals surface area contributed by atoms with Gasteiger partial charge in [0, 0.05) is 11.8 Å². The molecule has 0 aromatic carbocycles. The van der Waals surface area contributed by atoms with Gasteiger partial charge in [0.25, 0.3) is 0 Å². The average Bonchev–Trinajstić information content (AvgIpc) is 2.05. The molecule has 1 aliphatic rings. The van der Waals surface area contributed by atoms with Crippen LogP contribution in [-0.4, -0.2) is 18.1 Å². The summed E-state index contributed by atoms with van der Waals surface area (Å²) in [6.07, 6.45) is 5.65. The third-order valence-electron chi connectivity index (χ3n) is 1.47. The van der Waals surface area contributed by atoms with Crippen LogP contribution in [-0.2, 0) is 9.59 Å². The molecule has 0 radical (unpaired) electrons. The summed E-state index contributed by atoms with van der Waals surface area (Å²) in [5, 5.41) is 2.76. The highest BCUT2D eigenvalue weighted by molar-refractivity contribution is 5.96. The lowest BCUT2D eigenvalue weighted by molar-refractivity contribution is -0.113. The summed E-state index contributed by atoms with van der Waals surface area (Å²) in [5.74, 6) is -0.00176. The molecular weight excluding hydrogens is 142 g/mol. The molecule has 1 rings (SSSR count). The van der Waals surface area contributed by atoms with Gasteiger partial charge in [0.1, 0.15) is 12.3 Å². The van der Waals surface area contributed by atoms with Crippen LogP contribution in [0.1, 0.15) is 6.92 Å². The molecule has 1 unspecified atom stereocenters. The Morgan fingerprint density at radius 3 is 2.82 bits per heavy atom. The Kier molecular flexibility index (Phi) is 2.21. The van der Waals surface area contributed by atoms with Crippen molar-refractivity contribution in [3.8, 4) is 0 Å². The first-order valence-corrected chi connectivity index (χ1v) is 3.34. The number of carbonyl (C=O) groups excluding carboxylic acids is 2. The number of Topliss-reactive ketones (excluding diaryl/α,β-unsaturated/α-hetero) is 1. The van der Waals surface area contributed by atoms with Crippen LogP contribution < -0.4 is 5.32 Å². The normalized spacial score (nSPS) is 21.9. The number of carbonyl (C=O) groups is 2. The van der Waals surface area contributed by atoms with E-state index < -0.39 is 0 Å². The maximum absolute atomic E-state index is 10.7. The first kappa shape index (κ1) is 7.72. The van der Waals surface area contributed by atoms with Crippen molar-refractivity contribution in [2.75, 3.05) is 0 Å². The second-order valence-corrected chi connectivity index (χ2v) is 2.34. The summed E-state index contributed by atoms with van der Waals surface area (Å²) < 4.78 is 0. The molecule has 0 aromatic heterocycles. The van der Waals surface area contributed by atoms with Crippen LogP contribution in [0, 0.1) is 0 Å². The summed E-state index contributed by atoms with van der Waals surface area (Å²) in [6, 6.07) is -0.280. The Labute approximate surface area is 64.8 Å². The highest BCUT2D eigenvalue weighted by Crippen LogP contribution is 2.03. The molecule has 0 bridgehead atoms. The summed E-state index contributed by atoms with van der Waals surface area (Å²) in [7, 11) is 0. The highest BCUT2D eigenvalue weighted by atomic mass is 16.1. The molecule has 1 heterocycles. The molecule has 58 valence electrons. The van der Waals surface area contributed by atoms with Crippen molar-refractivity contribution in [3.05, 3.63) is 23.9 Å². The molecule has 1 aliphatic heterocycles. The van der Waals surface area contributed by atoms with Crippen molar-refractivity contribution < 1.29 is 9.59 Å². The van der Waals surface area contributed by atoms with E-state index in [1.807, 2.05) is 0 Å². The van der Waals surface area contributed by atoms with Gasteiger partial charge in [-0.3, -0.25) is 4.79 Å². The molecule has 3 nitrogen and oxygen atoms in total. The SMILES string of the molecule is CC(=O)C1=CNC(C=O)C=C1. The zero-order valence-corrected chi connectivity index (χ0v) is 6.20. The van der Waals surface area contributed by atoms with Crippen molar-refractivity contribution in [1.82, 2.24) is 5.32 Å². The number of ketones is 1. The van der Waals surface area contributed by atoms with E-state index in [4.69, 9.17) is 0 Å². The van der Waals surface area contributed by atoms with Crippen LogP contribution in [0.4, 0.5) is 0 Å². The van der Waals surface area contributed by atoms with Crippen LogP contribution in [0.2, 0.25) is 0 Å². The van der Waals surface area contributed by atoms with Crippen LogP contribution in [0.15, 0.2) is 23.9 Å². The van der Waals surface area contributed by atoms with Gasteiger partial charge < -0.3 is 10.1 Å². The fraction of sp³-hybridized carbons (Fsp3) is 0.250. The highest BCUT2D eigenvalue weighted by Gasteiger charge is 2.07. The van der Waals surface area contributed by atoms with Gasteiger partial charge >= 0.3 is 0 Å². The lowest BCUT2D eigenvalue weighted by Crippen LogP contribution is -2.26. The van der Waals surface area contributed by atoms with E-state index in [1.54, 1.807) is 18.4 Å². The maximum atomic E-state index is 10.7. The predicted molar refractivity (Wildman–Crippen MR) is 40.9 cm³/mol. The molecular formula is C8H9NO2. The molecule has 3 heteroatoms. The number of hydrogen-bond acceptors (Lipinski definition) is 3. The number of nitrogens with one attached hydrogen (secondary N) is 1. The van der Waals surface area contributed by atoms with E-state index in [2.05, 4.69) is 5.32 Å². The molecule has 0 saturated heterocycles. The number of hydrogen-bond donors (Lipinski definition) is 1. The van der Waals surface area contributed by atoms with Gasteiger partial charge in [0.2, 0.25) is 0 Å². The Morgan fingerprint density at radius 1 is 1.73 bits per heavy atom. The minimum absolute atomic E-state index is 0.00176. The first-order valence-electron chi connectivity index (χ1n) is 3.34. The standard InChI is InChI=1S/C8H9NO2/c1-6(11)7-2-3-8(5-10)9-4-7/h2-5,8-9H,1H3. The fourth-order valence-electron chi connectivity index (χ4n) is 0.801. The molecule has 11 heavy (non-hydrogen) atoms. The maximum Gasteiger partial charge on any atom is 0.161 e. The third-order valence-corrected chi connectivity index (χ3v) is 1.47. The molecule has 0 fully saturated rings. The van der Waals surface area contributed by atoms with E-state index in [-0.39, 0.29) is 11.8 Å². The topological polar surface area (TPSA) is 46.2 Å². The monoisotopic (exact) mass is 151 g/mol. The second kappa shape index (κ2) is 3.14. The van der Waals surface area contributed by atoms with Gasteiger partial charge in [-0.05, 0) is 6.92 Å². The lowest BCUT2D eigenvalue weighted by Gasteiger charge is -2.10. The Bertz CT molecular complexity index is 240. The van der Waals surface area contributed by atoms with Gasteiger partial charge in [-0.2, -0.15) is 0 Å². The molecule has 0 amide bonds.